The van der Waals surface area contributed by atoms with E-state index in [2.05, 4.69) is 0 Å². The molecule has 0 unspecified atom stereocenters. The van der Waals surface area contributed by atoms with E-state index in [1.807, 2.05) is 0 Å². The molecule has 0 spiro atoms. The minimum atomic E-state index is -0.540. The second kappa shape index (κ2) is 8.42. The number of hydrogen-bond acceptors (Lipinski definition) is 1. The molecule has 0 heterocycles. The molecule has 0 N–H and O–H groups in total. The van der Waals surface area contributed by atoms with Crippen molar-refractivity contribution in [2.24, 2.45) is 17.8 Å². The molecule has 2 heteroatoms. The smallest absolute Gasteiger partial charge is 0.849 e. The molecule has 0 aromatic heterocycles. The van der Waals surface area contributed by atoms with E-state index < -0.39 is 5.60 Å². The van der Waals surface area contributed by atoms with Gasteiger partial charge in [0.05, 0.1) is 0 Å². The van der Waals surface area contributed by atoms with Gasteiger partial charge in [-0.2, -0.15) is 0 Å². The Morgan fingerprint density at radius 3 is 0.952 bits per heavy atom. The topological polar surface area (TPSA) is 23.1 Å². The van der Waals surface area contributed by atoms with Gasteiger partial charge < -0.3 is 5.11 Å². The summed E-state index contributed by atoms with van der Waals surface area (Å²) in [7, 11) is 0. The number of rotatable bonds is 3. The Morgan fingerprint density at radius 2 is 0.714 bits per heavy atom. The summed E-state index contributed by atoms with van der Waals surface area (Å²) < 4.78 is 0. The fourth-order valence-electron chi connectivity index (χ4n) is 5.66. The van der Waals surface area contributed by atoms with Gasteiger partial charge in [-0.3, -0.25) is 0 Å². The molecule has 0 saturated heterocycles. The monoisotopic (exact) mass is 284 g/mol. The maximum atomic E-state index is 14.2. The van der Waals surface area contributed by atoms with Crippen molar-refractivity contribution in [2.75, 3.05) is 0 Å². The van der Waals surface area contributed by atoms with Crippen LogP contribution in [-0.4, -0.2) is 5.60 Å². The molecular formula is C19H33LiO. The molecule has 0 atom stereocenters. The van der Waals surface area contributed by atoms with Gasteiger partial charge >= 0.3 is 18.9 Å². The van der Waals surface area contributed by atoms with Crippen molar-refractivity contribution in [3.8, 4) is 0 Å². The summed E-state index contributed by atoms with van der Waals surface area (Å²) in [6, 6.07) is 0. The molecule has 21 heavy (non-hydrogen) atoms. The van der Waals surface area contributed by atoms with Crippen LogP contribution in [0.2, 0.25) is 0 Å². The van der Waals surface area contributed by atoms with Crippen LogP contribution in [0.4, 0.5) is 0 Å². The molecule has 0 radical (unpaired) electrons. The van der Waals surface area contributed by atoms with Gasteiger partial charge in [-0.25, -0.2) is 0 Å². The van der Waals surface area contributed by atoms with Crippen LogP contribution in [0.15, 0.2) is 0 Å². The summed E-state index contributed by atoms with van der Waals surface area (Å²) in [5, 5.41) is 14.2. The van der Waals surface area contributed by atoms with Crippen LogP contribution in [0.5, 0.6) is 0 Å². The maximum Gasteiger partial charge on any atom is 1.00 e. The van der Waals surface area contributed by atoms with Crippen molar-refractivity contribution in [2.45, 2.75) is 102 Å². The zero-order valence-corrected chi connectivity index (χ0v) is 14.2. The molecule has 3 fully saturated rings. The van der Waals surface area contributed by atoms with Crippen molar-refractivity contribution >= 4 is 0 Å². The van der Waals surface area contributed by atoms with Crippen LogP contribution in [0.25, 0.3) is 0 Å². The molecule has 1 nitrogen and oxygen atoms in total. The van der Waals surface area contributed by atoms with E-state index in [1.54, 1.807) is 0 Å². The molecule has 0 aliphatic heterocycles. The summed E-state index contributed by atoms with van der Waals surface area (Å²) >= 11 is 0. The molecule has 0 aromatic carbocycles. The number of hydrogen-bond donors (Lipinski definition) is 0. The minimum absolute atomic E-state index is 0. The van der Waals surface area contributed by atoms with E-state index in [4.69, 9.17) is 0 Å². The van der Waals surface area contributed by atoms with Gasteiger partial charge in [-0.15, -0.1) is 5.60 Å². The summed E-state index contributed by atoms with van der Waals surface area (Å²) in [6.07, 6.45) is 19.6. The summed E-state index contributed by atoms with van der Waals surface area (Å²) in [4.78, 5) is 0. The largest absolute Gasteiger partial charge is 1.00 e. The van der Waals surface area contributed by atoms with Crippen LogP contribution >= 0.6 is 0 Å². The summed E-state index contributed by atoms with van der Waals surface area (Å²) in [5.41, 5.74) is -0.540. The van der Waals surface area contributed by atoms with E-state index in [-0.39, 0.29) is 18.9 Å². The Hall–Kier alpha value is 0.557. The maximum absolute atomic E-state index is 14.2. The first-order valence-electron chi connectivity index (χ1n) is 9.52. The molecule has 0 bridgehead atoms. The van der Waals surface area contributed by atoms with Crippen molar-refractivity contribution in [1.29, 1.82) is 0 Å². The SMILES string of the molecule is [Li+].[O-]C(C1CCCCC1)(C1CCCCC1)C1CCCCC1. The van der Waals surface area contributed by atoms with Crippen molar-refractivity contribution in [3.05, 3.63) is 0 Å². The zero-order chi connectivity index (χ0) is 13.8. The van der Waals surface area contributed by atoms with Crippen LogP contribution in [0, 0.1) is 17.8 Å². The molecule has 3 saturated carbocycles. The molecule has 116 valence electrons. The molecule has 3 aliphatic rings. The van der Waals surface area contributed by atoms with Gasteiger partial charge in [0.1, 0.15) is 0 Å². The third-order valence-corrected chi connectivity index (χ3v) is 6.73. The van der Waals surface area contributed by atoms with E-state index in [0.717, 1.165) is 0 Å². The minimum Gasteiger partial charge on any atom is -0.849 e. The van der Waals surface area contributed by atoms with E-state index in [1.165, 1.54) is 96.3 Å². The van der Waals surface area contributed by atoms with Crippen LogP contribution in [-0.2, 0) is 0 Å². The normalized spacial score (nSPS) is 27.3. The molecule has 0 aromatic rings. The van der Waals surface area contributed by atoms with Gasteiger partial charge in [-0.1, -0.05) is 114 Å². The molecular weight excluding hydrogens is 251 g/mol. The molecule has 3 rings (SSSR count). The Kier molecular flexibility index (Phi) is 7.18. The summed E-state index contributed by atoms with van der Waals surface area (Å²) in [5.74, 6) is 1.55. The first kappa shape index (κ1) is 17.9. The van der Waals surface area contributed by atoms with Crippen LogP contribution in [0.1, 0.15) is 96.3 Å². The van der Waals surface area contributed by atoms with Crippen LogP contribution in [0.3, 0.4) is 0 Å². The van der Waals surface area contributed by atoms with E-state index in [0.29, 0.717) is 17.8 Å². The van der Waals surface area contributed by atoms with E-state index in [9.17, 15) is 5.11 Å². The van der Waals surface area contributed by atoms with Gasteiger partial charge in [0.25, 0.3) is 0 Å². The Labute approximate surface area is 143 Å². The quantitative estimate of drug-likeness (QED) is 0.725. The first-order chi connectivity index (χ1) is 9.82. The third kappa shape index (κ3) is 3.91. The predicted molar refractivity (Wildman–Crippen MR) is 82.5 cm³/mol. The second-order valence-electron chi connectivity index (χ2n) is 7.86. The average molecular weight is 284 g/mol. The fraction of sp³-hybridized carbons (Fsp3) is 1.00. The zero-order valence-electron chi connectivity index (χ0n) is 14.2. The van der Waals surface area contributed by atoms with Gasteiger partial charge in [-0.05, 0) is 0 Å². The average Bonchev–Trinajstić information content (AvgIpc) is 2.56. The first-order valence-corrected chi connectivity index (χ1v) is 9.52. The van der Waals surface area contributed by atoms with Crippen molar-refractivity contribution in [3.63, 3.8) is 0 Å². The fourth-order valence-corrected chi connectivity index (χ4v) is 5.66. The Bertz CT molecular complexity index is 240. The van der Waals surface area contributed by atoms with Crippen LogP contribution < -0.4 is 24.0 Å². The second-order valence-corrected chi connectivity index (χ2v) is 7.86. The van der Waals surface area contributed by atoms with Crippen molar-refractivity contribution < 1.29 is 24.0 Å². The van der Waals surface area contributed by atoms with Gasteiger partial charge in [0.15, 0.2) is 0 Å². The standard InChI is InChI=1S/C19H33O.Li/c20-19(16-10-4-1-5-11-16,17-12-6-2-7-13-17)18-14-8-3-9-15-18;/h16-18H,1-15H2;/q-1;+1. The third-order valence-electron chi connectivity index (χ3n) is 6.73. The van der Waals surface area contributed by atoms with E-state index >= 15 is 0 Å². The van der Waals surface area contributed by atoms with Gasteiger partial charge in [0.2, 0.25) is 0 Å². The van der Waals surface area contributed by atoms with Gasteiger partial charge in [0, 0.05) is 0 Å². The van der Waals surface area contributed by atoms with Crippen molar-refractivity contribution in [1.82, 2.24) is 0 Å². The summed E-state index contributed by atoms with van der Waals surface area (Å²) in [6.45, 7) is 0. The Morgan fingerprint density at radius 1 is 0.476 bits per heavy atom. The molecule has 0 amide bonds. The predicted octanol–water partition coefficient (Wildman–Crippen LogP) is 1.83. The Balaban J connectivity index is 0.00000161. The molecule has 3 aliphatic carbocycles.